The standard InChI is InChI=1S/C24H22F4N4O2/c1-34-21-5-3-2-4-17(21)20-8-9-22(31-30-20)32-12-10-15(11-13-32)23(33)29-16-6-7-19(25)18(14-16)24(26,27)28/h2-9,14-15H,10-13H2,1H3,(H,29,33). The number of nitrogens with zero attached hydrogens (tertiary/aromatic N) is 3. The van der Waals surface area contributed by atoms with Crippen LogP contribution in [0.5, 0.6) is 5.75 Å². The van der Waals surface area contributed by atoms with Crippen LogP contribution in [0.15, 0.2) is 54.6 Å². The Bertz CT molecular complexity index is 1160. The molecule has 6 nitrogen and oxygen atoms in total. The Balaban J connectivity index is 1.36. The molecule has 10 heteroatoms. The number of carbonyl (C=O) groups is 1. The second-order valence-corrected chi connectivity index (χ2v) is 7.92. The summed E-state index contributed by atoms with van der Waals surface area (Å²) >= 11 is 0. The van der Waals surface area contributed by atoms with E-state index in [9.17, 15) is 22.4 Å². The summed E-state index contributed by atoms with van der Waals surface area (Å²) in [5, 5.41) is 11.1. The molecular formula is C24H22F4N4O2. The molecule has 1 aliphatic heterocycles. The molecule has 1 amide bonds. The maximum absolute atomic E-state index is 13.5. The van der Waals surface area contributed by atoms with Crippen LogP contribution in [0, 0.1) is 11.7 Å². The van der Waals surface area contributed by atoms with E-state index in [1.165, 1.54) is 0 Å². The number of alkyl halides is 3. The Morgan fingerprint density at radius 1 is 1.06 bits per heavy atom. The molecule has 1 aliphatic rings. The van der Waals surface area contributed by atoms with Crippen molar-refractivity contribution in [3.63, 3.8) is 0 Å². The summed E-state index contributed by atoms with van der Waals surface area (Å²) < 4.78 is 57.6. The number of aromatic nitrogens is 2. The average molecular weight is 474 g/mol. The van der Waals surface area contributed by atoms with Crippen molar-refractivity contribution < 1.29 is 27.1 Å². The van der Waals surface area contributed by atoms with Crippen molar-refractivity contribution >= 4 is 17.4 Å². The SMILES string of the molecule is COc1ccccc1-c1ccc(N2CCC(C(=O)Nc3ccc(F)c(C(F)(F)F)c3)CC2)nn1. The van der Waals surface area contributed by atoms with E-state index in [-0.39, 0.29) is 11.6 Å². The molecule has 4 rings (SSSR count). The van der Waals surface area contributed by atoms with Gasteiger partial charge in [0, 0.05) is 30.3 Å². The van der Waals surface area contributed by atoms with Gasteiger partial charge in [-0.3, -0.25) is 4.79 Å². The summed E-state index contributed by atoms with van der Waals surface area (Å²) in [4.78, 5) is 14.6. The number of nitrogens with one attached hydrogen (secondary N) is 1. The summed E-state index contributed by atoms with van der Waals surface area (Å²) in [5.41, 5.74) is 0.0103. The third-order valence-corrected chi connectivity index (χ3v) is 5.76. The number of rotatable bonds is 5. The summed E-state index contributed by atoms with van der Waals surface area (Å²) in [5.74, 6) is -0.782. The molecule has 0 atom stereocenters. The first-order valence-corrected chi connectivity index (χ1v) is 10.7. The number of anilines is 2. The lowest BCUT2D eigenvalue weighted by Gasteiger charge is -2.31. The molecule has 1 aromatic heterocycles. The fourth-order valence-corrected chi connectivity index (χ4v) is 3.93. The van der Waals surface area contributed by atoms with Crippen molar-refractivity contribution in [3.05, 3.63) is 66.0 Å². The minimum absolute atomic E-state index is 0.0843. The van der Waals surface area contributed by atoms with E-state index in [1.54, 1.807) is 7.11 Å². The molecule has 0 saturated carbocycles. The van der Waals surface area contributed by atoms with Crippen LogP contribution in [0.4, 0.5) is 29.1 Å². The first kappa shape index (κ1) is 23.5. The second-order valence-electron chi connectivity index (χ2n) is 7.92. The normalized spacial score (nSPS) is 14.7. The van der Waals surface area contributed by atoms with Gasteiger partial charge in [0.05, 0.1) is 18.4 Å². The van der Waals surface area contributed by atoms with E-state index in [2.05, 4.69) is 15.5 Å². The van der Waals surface area contributed by atoms with Crippen LogP contribution in [-0.2, 0) is 11.0 Å². The molecule has 3 aromatic rings. The lowest BCUT2D eigenvalue weighted by atomic mass is 9.95. The maximum Gasteiger partial charge on any atom is 0.419 e. The zero-order valence-electron chi connectivity index (χ0n) is 18.3. The van der Waals surface area contributed by atoms with E-state index in [4.69, 9.17) is 4.74 Å². The van der Waals surface area contributed by atoms with Crippen molar-refractivity contribution in [2.24, 2.45) is 5.92 Å². The van der Waals surface area contributed by atoms with Crippen molar-refractivity contribution in [1.82, 2.24) is 10.2 Å². The number of halogens is 4. The Morgan fingerprint density at radius 3 is 2.44 bits per heavy atom. The molecule has 1 fully saturated rings. The number of methoxy groups -OCH3 is 1. The van der Waals surface area contributed by atoms with Gasteiger partial charge in [-0.05, 0) is 55.3 Å². The highest BCUT2D eigenvalue weighted by Crippen LogP contribution is 2.33. The predicted octanol–water partition coefficient (Wildman–Crippen LogP) is 5.17. The van der Waals surface area contributed by atoms with Crippen LogP contribution >= 0.6 is 0 Å². The van der Waals surface area contributed by atoms with Crippen LogP contribution in [0.1, 0.15) is 18.4 Å². The smallest absolute Gasteiger partial charge is 0.419 e. The summed E-state index contributed by atoms with van der Waals surface area (Å²) in [7, 11) is 1.59. The van der Waals surface area contributed by atoms with Gasteiger partial charge >= 0.3 is 6.18 Å². The number of hydrogen-bond donors (Lipinski definition) is 1. The molecule has 1 saturated heterocycles. The molecule has 0 aliphatic carbocycles. The topological polar surface area (TPSA) is 67.3 Å². The minimum atomic E-state index is -4.83. The van der Waals surface area contributed by atoms with Crippen LogP contribution in [0.3, 0.4) is 0 Å². The summed E-state index contributed by atoms with van der Waals surface area (Å²) in [6.45, 7) is 1.08. The largest absolute Gasteiger partial charge is 0.496 e. The fraction of sp³-hybridized carbons (Fsp3) is 0.292. The average Bonchev–Trinajstić information content (AvgIpc) is 2.84. The van der Waals surface area contributed by atoms with Crippen LogP contribution in [0.25, 0.3) is 11.3 Å². The van der Waals surface area contributed by atoms with Crippen molar-refractivity contribution in [2.45, 2.75) is 19.0 Å². The molecule has 0 spiro atoms. The van der Waals surface area contributed by atoms with E-state index in [0.29, 0.717) is 55.3 Å². The van der Waals surface area contributed by atoms with Crippen LogP contribution < -0.4 is 15.0 Å². The number of hydrogen-bond acceptors (Lipinski definition) is 5. The van der Waals surface area contributed by atoms with E-state index >= 15 is 0 Å². The van der Waals surface area contributed by atoms with Gasteiger partial charge < -0.3 is 15.0 Å². The molecule has 34 heavy (non-hydrogen) atoms. The highest BCUT2D eigenvalue weighted by Gasteiger charge is 2.34. The third kappa shape index (κ3) is 5.11. The highest BCUT2D eigenvalue weighted by molar-refractivity contribution is 5.92. The molecular weight excluding hydrogens is 452 g/mol. The number of piperidine rings is 1. The highest BCUT2D eigenvalue weighted by atomic mass is 19.4. The van der Waals surface area contributed by atoms with Gasteiger partial charge in [0.15, 0.2) is 5.82 Å². The lowest BCUT2D eigenvalue weighted by molar-refractivity contribution is -0.140. The third-order valence-electron chi connectivity index (χ3n) is 5.76. The van der Waals surface area contributed by atoms with Gasteiger partial charge in [0.1, 0.15) is 11.6 Å². The Morgan fingerprint density at radius 2 is 1.79 bits per heavy atom. The summed E-state index contributed by atoms with van der Waals surface area (Å²) in [6, 6.07) is 13.6. The summed E-state index contributed by atoms with van der Waals surface area (Å²) in [6.07, 6.45) is -3.84. The lowest BCUT2D eigenvalue weighted by Crippen LogP contribution is -2.38. The first-order valence-electron chi connectivity index (χ1n) is 10.7. The van der Waals surface area contributed by atoms with Crippen molar-refractivity contribution in [1.29, 1.82) is 0 Å². The van der Waals surface area contributed by atoms with Gasteiger partial charge in [-0.15, -0.1) is 10.2 Å². The molecule has 1 N–H and O–H groups in total. The maximum atomic E-state index is 13.5. The molecule has 0 bridgehead atoms. The molecule has 2 aromatic carbocycles. The Hall–Kier alpha value is -3.69. The van der Waals surface area contributed by atoms with E-state index < -0.39 is 23.5 Å². The van der Waals surface area contributed by atoms with Gasteiger partial charge in [0.2, 0.25) is 5.91 Å². The second kappa shape index (κ2) is 9.66. The van der Waals surface area contributed by atoms with Gasteiger partial charge in [-0.25, -0.2) is 4.39 Å². The monoisotopic (exact) mass is 474 g/mol. The fourth-order valence-electron chi connectivity index (χ4n) is 3.93. The Kier molecular flexibility index (Phi) is 6.67. The van der Waals surface area contributed by atoms with Gasteiger partial charge in [-0.2, -0.15) is 13.2 Å². The first-order chi connectivity index (χ1) is 16.3. The molecule has 2 heterocycles. The zero-order valence-corrected chi connectivity index (χ0v) is 18.3. The van der Waals surface area contributed by atoms with E-state index in [1.807, 2.05) is 41.3 Å². The Labute approximate surface area is 193 Å². The number of ether oxygens (including phenoxy) is 1. The number of para-hydroxylation sites is 1. The van der Waals surface area contributed by atoms with Crippen LogP contribution in [-0.4, -0.2) is 36.3 Å². The van der Waals surface area contributed by atoms with Gasteiger partial charge in [-0.1, -0.05) is 12.1 Å². The zero-order chi connectivity index (χ0) is 24.3. The minimum Gasteiger partial charge on any atom is -0.496 e. The molecule has 178 valence electrons. The number of amides is 1. The number of carbonyl (C=O) groups excluding carboxylic acids is 1. The molecule has 0 unspecified atom stereocenters. The van der Waals surface area contributed by atoms with E-state index in [0.717, 1.165) is 11.6 Å². The van der Waals surface area contributed by atoms with Crippen molar-refractivity contribution in [3.8, 4) is 17.0 Å². The van der Waals surface area contributed by atoms with Crippen molar-refractivity contribution in [2.75, 3.05) is 30.4 Å². The van der Waals surface area contributed by atoms with Gasteiger partial charge in [0.25, 0.3) is 0 Å². The predicted molar refractivity (Wildman–Crippen MR) is 119 cm³/mol. The quantitative estimate of drug-likeness (QED) is 0.517. The van der Waals surface area contributed by atoms with Crippen LogP contribution in [0.2, 0.25) is 0 Å². The number of benzene rings is 2. The molecule has 0 radical (unpaired) electrons.